The molecule has 7 rings (SSSR count). The van der Waals surface area contributed by atoms with Crippen molar-refractivity contribution in [1.82, 2.24) is 0 Å². The number of aliphatic hydroxyl groups excluding tert-OH is 5. The molecule has 5 aliphatic carbocycles. The molecule has 0 aromatic carbocycles. The monoisotopic (exact) mass is 734 g/mol. The van der Waals surface area contributed by atoms with Crippen molar-refractivity contribution in [2.75, 3.05) is 6.61 Å². The molecule has 7 aliphatic rings. The summed E-state index contributed by atoms with van der Waals surface area (Å²) in [6, 6.07) is 0. The number of fused-ring (bicyclic) bond motifs is 7. The van der Waals surface area contributed by atoms with Gasteiger partial charge in [-0.2, -0.15) is 0 Å². The second-order valence-corrected chi connectivity index (χ2v) is 20.2. The quantitative estimate of drug-likeness (QED) is 0.173. The Labute approximate surface area is 309 Å². The number of ether oxygens (including phenoxy) is 4. The van der Waals surface area contributed by atoms with E-state index in [4.69, 9.17) is 18.9 Å². The van der Waals surface area contributed by atoms with Gasteiger partial charge in [-0.15, -0.1) is 0 Å². The summed E-state index contributed by atoms with van der Waals surface area (Å²) >= 11 is 0. The molecule has 0 aromatic rings. The molecule has 0 spiro atoms. The molecule has 0 bridgehead atoms. The van der Waals surface area contributed by atoms with Crippen LogP contribution in [0.2, 0.25) is 0 Å². The van der Waals surface area contributed by atoms with Gasteiger partial charge in [-0.1, -0.05) is 60.1 Å². The number of hydrogen-bond acceptors (Lipinski definition) is 10. The van der Waals surface area contributed by atoms with Crippen LogP contribution >= 0.6 is 0 Å². The van der Waals surface area contributed by atoms with E-state index >= 15 is 0 Å². The summed E-state index contributed by atoms with van der Waals surface area (Å²) in [5, 5.41) is 63.6. The molecule has 11 heteroatoms. The van der Waals surface area contributed by atoms with Crippen molar-refractivity contribution >= 4 is 5.97 Å². The van der Waals surface area contributed by atoms with Crippen LogP contribution in [0.5, 0.6) is 0 Å². The third-order valence-corrected chi connectivity index (χ3v) is 16.8. The average molecular weight is 735 g/mol. The number of aliphatic carboxylic acids is 1. The van der Waals surface area contributed by atoms with Gasteiger partial charge in [-0.3, -0.25) is 4.79 Å². The summed E-state index contributed by atoms with van der Waals surface area (Å²) in [6.07, 6.45) is -0.253. The largest absolute Gasteiger partial charge is 0.481 e. The molecule has 0 amide bonds. The molecule has 6 N–H and O–H groups in total. The first kappa shape index (κ1) is 39.1. The maximum absolute atomic E-state index is 13.0. The lowest BCUT2D eigenvalue weighted by Gasteiger charge is -2.71. The summed E-state index contributed by atoms with van der Waals surface area (Å²) in [5.41, 5.74) is 0.579. The molecule has 2 aliphatic heterocycles. The van der Waals surface area contributed by atoms with Crippen LogP contribution in [0, 0.1) is 50.2 Å². The summed E-state index contributed by atoms with van der Waals surface area (Å²) in [5.74, 6) is 0.219. The van der Waals surface area contributed by atoms with Crippen molar-refractivity contribution < 1.29 is 54.4 Å². The molecule has 0 aromatic heterocycles. The summed E-state index contributed by atoms with van der Waals surface area (Å²) < 4.78 is 24.5. The van der Waals surface area contributed by atoms with Crippen molar-refractivity contribution in [3.63, 3.8) is 0 Å². The zero-order valence-corrected chi connectivity index (χ0v) is 32.6. The highest BCUT2D eigenvalue weighted by Gasteiger charge is 2.69. The van der Waals surface area contributed by atoms with Gasteiger partial charge in [0.25, 0.3) is 0 Å². The lowest BCUT2D eigenvalue weighted by molar-refractivity contribution is -0.364. The Morgan fingerprint density at radius 3 is 2.17 bits per heavy atom. The first-order chi connectivity index (χ1) is 24.1. The van der Waals surface area contributed by atoms with Crippen LogP contribution in [0.4, 0.5) is 0 Å². The number of allylic oxidation sites excluding steroid dienone is 2. The van der Waals surface area contributed by atoms with Crippen LogP contribution in [-0.4, -0.2) is 105 Å². The van der Waals surface area contributed by atoms with Crippen molar-refractivity contribution in [3.05, 3.63) is 11.6 Å². The minimum absolute atomic E-state index is 0.0146. The van der Waals surface area contributed by atoms with E-state index in [1.807, 2.05) is 0 Å². The second kappa shape index (κ2) is 12.9. The molecule has 2 saturated heterocycles. The first-order valence-corrected chi connectivity index (χ1v) is 20.1. The predicted molar refractivity (Wildman–Crippen MR) is 191 cm³/mol. The van der Waals surface area contributed by atoms with Gasteiger partial charge in [-0.05, 0) is 116 Å². The molecule has 6 fully saturated rings. The van der Waals surface area contributed by atoms with Crippen LogP contribution in [0.25, 0.3) is 0 Å². The zero-order valence-electron chi connectivity index (χ0n) is 32.6. The number of hydrogen-bond donors (Lipinski definition) is 6. The minimum Gasteiger partial charge on any atom is -0.481 e. The minimum atomic E-state index is -1.58. The van der Waals surface area contributed by atoms with Gasteiger partial charge in [0, 0.05) is 0 Å². The SMILES string of the molecule is C[C@@H]1O[C@@H](O[C@H]2[C@H](OC3CC[C@@]4(C)C(CC[C@]5(C)C4CC=C4C6CC(C)(C)CC[C@]6(C(=O)O)CC[C@]45C)C3(C)C)OC[C@H](O)[C@@H]2O)[C@H](O)[C@H](O)[C@H]1O. The predicted octanol–water partition coefficient (Wildman–Crippen LogP) is 4.55. The summed E-state index contributed by atoms with van der Waals surface area (Å²) in [7, 11) is 0. The maximum Gasteiger partial charge on any atom is 0.310 e. The average Bonchev–Trinajstić information content (AvgIpc) is 3.06. The highest BCUT2D eigenvalue weighted by Crippen LogP contribution is 2.76. The highest BCUT2D eigenvalue weighted by molar-refractivity contribution is 5.76. The van der Waals surface area contributed by atoms with E-state index in [-0.39, 0.29) is 45.7 Å². The van der Waals surface area contributed by atoms with E-state index in [9.17, 15) is 35.4 Å². The Morgan fingerprint density at radius 1 is 0.788 bits per heavy atom. The van der Waals surface area contributed by atoms with Crippen LogP contribution in [0.15, 0.2) is 11.6 Å². The molecule has 52 heavy (non-hydrogen) atoms. The lowest BCUT2D eigenvalue weighted by atomic mass is 9.33. The first-order valence-electron chi connectivity index (χ1n) is 20.1. The number of carbonyl (C=O) groups is 1. The molecule has 4 unspecified atom stereocenters. The smallest absolute Gasteiger partial charge is 0.310 e. The van der Waals surface area contributed by atoms with Crippen LogP contribution in [0.1, 0.15) is 120 Å². The standard InChI is InChI=1S/C41H66O11/c1-21-28(43)30(45)31(46)33(50-21)52-32-29(44)24(42)20-49-34(32)51-27-12-13-38(6)25(37(27,4)5)11-14-40(8)26(38)10-9-22-23-19-36(2,3)15-17-41(23,35(47)48)18-16-39(22,40)7/h9,21,23-34,42-46H,10-20H2,1-8H3,(H,47,48)/t21-,23?,24-,25?,26?,27?,28-,29-,30+,31+,32+,33-,34-,38-,39+,40+,41-/m0/s1. The highest BCUT2D eigenvalue weighted by atomic mass is 16.8. The van der Waals surface area contributed by atoms with Crippen molar-refractivity contribution in [3.8, 4) is 0 Å². The van der Waals surface area contributed by atoms with Crippen LogP contribution in [-0.2, 0) is 23.7 Å². The van der Waals surface area contributed by atoms with E-state index in [1.54, 1.807) is 6.92 Å². The van der Waals surface area contributed by atoms with Gasteiger partial charge >= 0.3 is 5.97 Å². The molecule has 0 radical (unpaired) electrons. The van der Waals surface area contributed by atoms with Crippen molar-refractivity contribution in [2.45, 2.75) is 181 Å². The van der Waals surface area contributed by atoms with Crippen molar-refractivity contribution in [2.24, 2.45) is 50.2 Å². The Balaban J connectivity index is 1.13. The number of carboxylic acid groups (broad SMARTS) is 1. The van der Waals surface area contributed by atoms with Gasteiger partial charge in [0.15, 0.2) is 12.6 Å². The molecule has 4 saturated carbocycles. The Morgan fingerprint density at radius 2 is 1.48 bits per heavy atom. The van der Waals surface area contributed by atoms with E-state index in [1.165, 1.54) is 5.57 Å². The third kappa shape index (κ3) is 5.64. The van der Waals surface area contributed by atoms with Gasteiger partial charge in [0.05, 0.1) is 24.2 Å². The molecular formula is C41H66O11. The van der Waals surface area contributed by atoms with Gasteiger partial charge < -0.3 is 49.6 Å². The van der Waals surface area contributed by atoms with Gasteiger partial charge in [-0.25, -0.2) is 0 Å². The Kier molecular flexibility index (Phi) is 9.74. The van der Waals surface area contributed by atoms with Gasteiger partial charge in [0.2, 0.25) is 0 Å². The molecule has 296 valence electrons. The second-order valence-electron chi connectivity index (χ2n) is 20.2. The van der Waals surface area contributed by atoms with E-state index < -0.39 is 66.7 Å². The molecule has 11 nitrogen and oxygen atoms in total. The Bertz CT molecular complexity index is 1410. The Hall–Kier alpha value is -1.15. The topological polar surface area (TPSA) is 175 Å². The third-order valence-electron chi connectivity index (χ3n) is 16.8. The fourth-order valence-electron chi connectivity index (χ4n) is 13.3. The van der Waals surface area contributed by atoms with E-state index in [2.05, 4.69) is 54.5 Å². The van der Waals surface area contributed by atoms with Crippen molar-refractivity contribution in [1.29, 1.82) is 0 Å². The fraction of sp³-hybridized carbons (Fsp3) is 0.927. The van der Waals surface area contributed by atoms with Crippen LogP contribution < -0.4 is 0 Å². The van der Waals surface area contributed by atoms with E-state index in [0.29, 0.717) is 11.8 Å². The lowest BCUT2D eigenvalue weighted by Crippen LogP contribution is -2.66. The fourth-order valence-corrected chi connectivity index (χ4v) is 13.3. The molecule has 2 heterocycles. The molecular weight excluding hydrogens is 668 g/mol. The van der Waals surface area contributed by atoms with E-state index in [0.717, 1.165) is 64.2 Å². The van der Waals surface area contributed by atoms with Crippen LogP contribution in [0.3, 0.4) is 0 Å². The number of aliphatic hydroxyl groups is 5. The summed E-state index contributed by atoms with van der Waals surface area (Å²) in [6.45, 7) is 18.1. The van der Waals surface area contributed by atoms with Gasteiger partial charge in [0.1, 0.15) is 36.6 Å². The maximum atomic E-state index is 13.0. The summed E-state index contributed by atoms with van der Waals surface area (Å²) in [4.78, 5) is 13.0. The zero-order chi connectivity index (χ0) is 38.0. The number of rotatable bonds is 5. The number of carboxylic acids is 1. The molecule has 17 atom stereocenters. The normalized spacial score (nSPS) is 54.1.